The Bertz CT molecular complexity index is 348. The highest BCUT2D eigenvalue weighted by atomic mass is 16.3. The Morgan fingerprint density at radius 2 is 2.18 bits per heavy atom. The fourth-order valence-electron chi connectivity index (χ4n) is 1.94. The van der Waals surface area contributed by atoms with E-state index in [-0.39, 0.29) is 13.2 Å². The van der Waals surface area contributed by atoms with Gasteiger partial charge in [-0.1, -0.05) is 6.92 Å². The molecule has 5 nitrogen and oxygen atoms in total. The minimum Gasteiger partial charge on any atom is -0.394 e. The summed E-state index contributed by atoms with van der Waals surface area (Å²) in [6.45, 7) is 2.47. The summed E-state index contributed by atoms with van der Waals surface area (Å²) in [6, 6.07) is 0.605. The second kappa shape index (κ2) is 5.16. The fraction of sp³-hybridized carbons (Fsp3) is 0.750. The van der Waals surface area contributed by atoms with E-state index in [0.717, 1.165) is 5.69 Å². The minimum absolute atomic E-state index is 0.0580. The molecule has 0 radical (unpaired) electrons. The highest BCUT2D eigenvalue weighted by Crippen LogP contribution is 2.35. The Kier molecular flexibility index (Phi) is 3.81. The SMILES string of the molecule is CCC(CO)(CO)NCc1cncn1C1CC1. The first-order valence-corrected chi connectivity index (χ1v) is 6.22. The minimum atomic E-state index is -0.585. The molecule has 17 heavy (non-hydrogen) atoms. The molecule has 5 heteroatoms. The molecule has 1 fully saturated rings. The maximum absolute atomic E-state index is 9.35. The van der Waals surface area contributed by atoms with Crippen LogP contribution in [0.25, 0.3) is 0 Å². The highest BCUT2D eigenvalue weighted by molar-refractivity contribution is 5.04. The van der Waals surface area contributed by atoms with Crippen LogP contribution in [0.2, 0.25) is 0 Å². The van der Waals surface area contributed by atoms with Gasteiger partial charge < -0.3 is 20.1 Å². The summed E-state index contributed by atoms with van der Waals surface area (Å²) in [5, 5.41) is 21.9. The predicted octanol–water partition coefficient (Wildman–Crippen LogP) is 0.441. The van der Waals surface area contributed by atoms with Gasteiger partial charge in [-0.25, -0.2) is 4.98 Å². The van der Waals surface area contributed by atoms with Gasteiger partial charge >= 0.3 is 0 Å². The predicted molar refractivity (Wildman–Crippen MR) is 64.5 cm³/mol. The van der Waals surface area contributed by atoms with E-state index >= 15 is 0 Å². The number of nitrogens with zero attached hydrogens (tertiary/aromatic N) is 2. The summed E-state index contributed by atoms with van der Waals surface area (Å²) in [5.41, 5.74) is 0.533. The molecule has 0 aliphatic heterocycles. The van der Waals surface area contributed by atoms with Gasteiger partial charge in [-0.3, -0.25) is 0 Å². The molecular formula is C12H21N3O2. The molecule has 2 rings (SSSR count). The van der Waals surface area contributed by atoms with Crippen LogP contribution in [-0.4, -0.2) is 38.5 Å². The van der Waals surface area contributed by atoms with Crippen LogP contribution in [0, 0.1) is 0 Å². The first kappa shape index (κ1) is 12.5. The maximum Gasteiger partial charge on any atom is 0.0951 e. The zero-order chi connectivity index (χ0) is 12.3. The molecule has 96 valence electrons. The second-order valence-electron chi connectivity index (χ2n) is 4.83. The van der Waals surface area contributed by atoms with Crippen molar-refractivity contribution in [2.24, 2.45) is 0 Å². The van der Waals surface area contributed by atoms with Crippen LogP contribution in [0.4, 0.5) is 0 Å². The normalized spacial score (nSPS) is 16.4. The molecule has 0 aromatic carbocycles. The molecule has 1 aliphatic rings. The van der Waals surface area contributed by atoms with Crippen molar-refractivity contribution < 1.29 is 10.2 Å². The molecule has 1 aliphatic carbocycles. The van der Waals surface area contributed by atoms with Crippen LogP contribution in [0.1, 0.15) is 37.9 Å². The zero-order valence-corrected chi connectivity index (χ0v) is 10.3. The van der Waals surface area contributed by atoms with Gasteiger partial charge in [0.1, 0.15) is 0 Å². The van der Waals surface area contributed by atoms with E-state index < -0.39 is 5.54 Å². The van der Waals surface area contributed by atoms with Crippen molar-refractivity contribution >= 4 is 0 Å². The topological polar surface area (TPSA) is 70.3 Å². The van der Waals surface area contributed by atoms with Crippen LogP contribution in [0.15, 0.2) is 12.5 Å². The smallest absolute Gasteiger partial charge is 0.0951 e. The molecular weight excluding hydrogens is 218 g/mol. The van der Waals surface area contributed by atoms with E-state index in [1.807, 2.05) is 19.4 Å². The molecule has 3 N–H and O–H groups in total. The zero-order valence-electron chi connectivity index (χ0n) is 10.3. The number of aliphatic hydroxyl groups is 2. The van der Waals surface area contributed by atoms with Crippen molar-refractivity contribution in [3.8, 4) is 0 Å². The summed E-state index contributed by atoms with van der Waals surface area (Å²) < 4.78 is 2.18. The number of rotatable bonds is 7. The Hall–Kier alpha value is -0.910. The Balaban J connectivity index is 1.98. The Morgan fingerprint density at radius 3 is 2.71 bits per heavy atom. The lowest BCUT2D eigenvalue weighted by molar-refractivity contribution is 0.0858. The average molecular weight is 239 g/mol. The molecule has 1 aromatic heterocycles. The monoisotopic (exact) mass is 239 g/mol. The number of hydrogen-bond acceptors (Lipinski definition) is 4. The summed E-state index contributed by atoms with van der Waals surface area (Å²) >= 11 is 0. The van der Waals surface area contributed by atoms with Gasteiger partial charge in [-0.15, -0.1) is 0 Å². The molecule has 0 unspecified atom stereocenters. The van der Waals surface area contributed by atoms with Crippen LogP contribution < -0.4 is 5.32 Å². The van der Waals surface area contributed by atoms with Gasteiger partial charge in [0.2, 0.25) is 0 Å². The van der Waals surface area contributed by atoms with E-state index in [9.17, 15) is 10.2 Å². The summed E-state index contributed by atoms with van der Waals surface area (Å²) in [7, 11) is 0. The van der Waals surface area contributed by atoms with E-state index in [1.54, 1.807) is 0 Å². The molecule has 0 amide bonds. The number of nitrogens with one attached hydrogen (secondary N) is 1. The number of imidazole rings is 1. The van der Waals surface area contributed by atoms with Crippen molar-refractivity contribution in [2.45, 2.75) is 44.3 Å². The van der Waals surface area contributed by atoms with Gasteiger partial charge in [-0.05, 0) is 19.3 Å². The van der Waals surface area contributed by atoms with Crippen LogP contribution in [0.5, 0.6) is 0 Å². The van der Waals surface area contributed by atoms with E-state index in [1.165, 1.54) is 12.8 Å². The lowest BCUT2D eigenvalue weighted by atomic mass is 9.98. The molecule has 1 aromatic rings. The third-order valence-corrected chi connectivity index (χ3v) is 3.61. The third kappa shape index (κ3) is 2.68. The first-order chi connectivity index (χ1) is 8.24. The average Bonchev–Trinajstić information content (AvgIpc) is 3.11. The van der Waals surface area contributed by atoms with Gasteiger partial charge in [-0.2, -0.15) is 0 Å². The van der Waals surface area contributed by atoms with Crippen LogP contribution in [-0.2, 0) is 6.54 Å². The molecule has 0 spiro atoms. The number of aromatic nitrogens is 2. The van der Waals surface area contributed by atoms with E-state index in [4.69, 9.17) is 0 Å². The second-order valence-corrected chi connectivity index (χ2v) is 4.83. The summed E-state index contributed by atoms with van der Waals surface area (Å²) in [6.07, 6.45) is 6.85. The summed E-state index contributed by atoms with van der Waals surface area (Å²) in [4.78, 5) is 4.16. The highest BCUT2D eigenvalue weighted by Gasteiger charge is 2.28. The van der Waals surface area contributed by atoms with Gasteiger partial charge in [0.25, 0.3) is 0 Å². The van der Waals surface area contributed by atoms with Crippen LogP contribution in [0.3, 0.4) is 0 Å². The van der Waals surface area contributed by atoms with Crippen molar-refractivity contribution in [2.75, 3.05) is 13.2 Å². The Morgan fingerprint density at radius 1 is 1.47 bits per heavy atom. The van der Waals surface area contributed by atoms with Crippen molar-refractivity contribution in [1.29, 1.82) is 0 Å². The van der Waals surface area contributed by atoms with Gasteiger partial charge in [0.05, 0.1) is 30.8 Å². The van der Waals surface area contributed by atoms with Crippen molar-refractivity contribution in [3.05, 3.63) is 18.2 Å². The van der Waals surface area contributed by atoms with Gasteiger partial charge in [0, 0.05) is 18.8 Å². The van der Waals surface area contributed by atoms with Crippen molar-refractivity contribution in [3.63, 3.8) is 0 Å². The van der Waals surface area contributed by atoms with E-state index in [2.05, 4.69) is 14.9 Å². The molecule has 1 saturated carbocycles. The largest absolute Gasteiger partial charge is 0.394 e. The third-order valence-electron chi connectivity index (χ3n) is 3.61. The maximum atomic E-state index is 9.35. The number of hydrogen-bond donors (Lipinski definition) is 3. The quantitative estimate of drug-likeness (QED) is 0.646. The van der Waals surface area contributed by atoms with E-state index in [0.29, 0.717) is 19.0 Å². The first-order valence-electron chi connectivity index (χ1n) is 6.22. The lowest BCUT2D eigenvalue weighted by Crippen LogP contribution is -2.51. The summed E-state index contributed by atoms with van der Waals surface area (Å²) in [5.74, 6) is 0. The molecule has 0 saturated heterocycles. The fourth-order valence-corrected chi connectivity index (χ4v) is 1.94. The molecule has 1 heterocycles. The van der Waals surface area contributed by atoms with Crippen LogP contribution >= 0.6 is 0 Å². The molecule has 0 atom stereocenters. The Labute approximate surface area is 101 Å². The lowest BCUT2D eigenvalue weighted by Gasteiger charge is -2.30. The molecule has 0 bridgehead atoms. The van der Waals surface area contributed by atoms with Crippen molar-refractivity contribution in [1.82, 2.24) is 14.9 Å². The van der Waals surface area contributed by atoms with Gasteiger partial charge in [0.15, 0.2) is 0 Å². The standard InChI is InChI=1S/C12H21N3O2/c1-2-12(7-16,8-17)14-6-11-5-13-9-15(11)10-3-4-10/h5,9-10,14,16-17H,2-4,6-8H2,1H3. The number of aliphatic hydroxyl groups excluding tert-OH is 2.